The van der Waals surface area contributed by atoms with Gasteiger partial charge in [-0.15, -0.1) is 0 Å². The number of hydrogen-bond acceptors (Lipinski definition) is 4. The molecule has 138 valence electrons. The summed E-state index contributed by atoms with van der Waals surface area (Å²) in [5, 5.41) is 3.35. The fourth-order valence-electron chi connectivity index (χ4n) is 3.99. The third kappa shape index (κ3) is 4.81. The van der Waals surface area contributed by atoms with Gasteiger partial charge < -0.3 is 15.0 Å². The molecule has 2 aliphatic rings. The molecule has 2 heterocycles. The Balaban J connectivity index is 1.58. The fourth-order valence-corrected chi connectivity index (χ4v) is 3.99. The maximum absolute atomic E-state index is 12.7. The standard InChI is InChI=1S/C20H31N3O2/c1-15-12-23(13-16(2)25-15)14-17-4-6-18(7-5-17)20(24)22(3)19-8-10-21-11-9-19/h4-7,15-16,19,21H,8-14H2,1-3H3/t15-,16-/m0/s1. The molecular weight excluding hydrogens is 314 g/mol. The second-order valence-electron chi connectivity index (χ2n) is 7.55. The highest BCUT2D eigenvalue weighted by molar-refractivity contribution is 5.94. The Bertz CT molecular complexity index is 559. The quantitative estimate of drug-likeness (QED) is 0.908. The van der Waals surface area contributed by atoms with Crippen LogP contribution in [0.15, 0.2) is 24.3 Å². The first-order chi connectivity index (χ1) is 12.0. The van der Waals surface area contributed by atoms with Gasteiger partial charge in [0, 0.05) is 38.3 Å². The van der Waals surface area contributed by atoms with Gasteiger partial charge in [-0.3, -0.25) is 9.69 Å². The minimum absolute atomic E-state index is 0.132. The van der Waals surface area contributed by atoms with E-state index >= 15 is 0 Å². The topological polar surface area (TPSA) is 44.8 Å². The summed E-state index contributed by atoms with van der Waals surface area (Å²) in [5.74, 6) is 0.132. The Morgan fingerprint density at radius 1 is 1.16 bits per heavy atom. The second kappa shape index (κ2) is 8.30. The predicted octanol–water partition coefficient (Wildman–Crippen LogP) is 2.12. The number of nitrogens with zero attached hydrogens (tertiary/aromatic N) is 2. The zero-order valence-corrected chi connectivity index (χ0v) is 15.7. The average molecular weight is 345 g/mol. The summed E-state index contributed by atoms with van der Waals surface area (Å²) in [6.45, 7) is 9.08. The molecule has 0 aliphatic carbocycles. The first-order valence-corrected chi connectivity index (χ1v) is 9.47. The van der Waals surface area contributed by atoms with Gasteiger partial charge in [-0.2, -0.15) is 0 Å². The largest absolute Gasteiger partial charge is 0.373 e. The summed E-state index contributed by atoms with van der Waals surface area (Å²) in [5.41, 5.74) is 2.04. The maximum Gasteiger partial charge on any atom is 0.253 e. The molecule has 1 aromatic carbocycles. The SMILES string of the molecule is C[C@H]1CN(Cc2ccc(C(=O)N(C)C3CCNCC3)cc2)C[C@H](C)O1. The highest BCUT2D eigenvalue weighted by Crippen LogP contribution is 2.17. The second-order valence-corrected chi connectivity index (χ2v) is 7.55. The Kier molecular flexibility index (Phi) is 6.10. The summed E-state index contributed by atoms with van der Waals surface area (Å²) in [7, 11) is 1.93. The molecule has 0 saturated carbocycles. The van der Waals surface area contributed by atoms with Gasteiger partial charge in [-0.25, -0.2) is 0 Å². The van der Waals surface area contributed by atoms with Gasteiger partial charge in [0.2, 0.25) is 0 Å². The lowest BCUT2D eigenvalue weighted by atomic mass is 10.0. The molecule has 2 saturated heterocycles. The molecule has 1 amide bonds. The number of carbonyl (C=O) groups excluding carboxylic acids is 1. The number of hydrogen-bond donors (Lipinski definition) is 1. The number of nitrogens with one attached hydrogen (secondary N) is 1. The van der Waals surface area contributed by atoms with Gasteiger partial charge in [-0.1, -0.05) is 12.1 Å². The van der Waals surface area contributed by atoms with Gasteiger partial charge in [0.15, 0.2) is 0 Å². The van der Waals surface area contributed by atoms with E-state index in [2.05, 4.69) is 36.2 Å². The molecule has 0 bridgehead atoms. The molecule has 5 nitrogen and oxygen atoms in total. The number of piperidine rings is 1. The molecule has 2 atom stereocenters. The lowest BCUT2D eigenvalue weighted by Crippen LogP contribution is -2.44. The minimum Gasteiger partial charge on any atom is -0.373 e. The van der Waals surface area contributed by atoms with E-state index < -0.39 is 0 Å². The first kappa shape index (κ1) is 18.4. The molecule has 1 aromatic rings. The number of ether oxygens (including phenoxy) is 1. The smallest absolute Gasteiger partial charge is 0.253 e. The Labute approximate surface area is 151 Å². The molecule has 0 aromatic heterocycles. The number of amides is 1. The van der Waals surface area contributed by atoms with Crippen LogP contribution in [0.25, 0.3) is 0 Å². The highest BCUT2D eigenvalue weighted by Gasteiger charge is 2.24. The summed E-state index contributed by atoms with van der Waals surface area (Å²) in [4.78, 5) is 17.1. The highest BCUT2D eigenvalue weighted by atomic mass is 16.5. The zero-order valence-electron chi connectivity index (χ0n) is 15.7. The summed E-state index contributed by atoms with van der Waals surface area (Å²) in [6, 6.07) is 8.48. The van der Waals surface area contributed by atoms with Crippen LogP contribution in [0.3, 0.4) is 0 Å². The minimum atomic E-state index is 0.132. The number of morpholine rings is 1. The number of carbonyl (C=O) groups is 1. The molecule has 2 aliphatic heterocycles. The van der Waals surface area contributed by atoms with Gasteiger partial charge in [0.05, 0.1) is 12.2 Å². The third-order valence-corrected chi connectivity index (χ3v) is 5.28. The van der Waals surface area contributed by atoms with Crippen LogP contribution in [0.5, 0.6) is 0 Å². The van der Waals surface area contributed by atoms with E-state index in [1.165, 1.54) is 5.56 Å². The molecular formula is C20H31N3O2. The number of rotatable bonds is 4. The molecule has 25 heavy (non-hydrogen) atoms. The zero-order chi connectivity index (χ0) is 17.8. The van der Waals surface area contributed by atoms with Gasteiger partial charge in [0.1, 0.15) is 0 Å². The fraction of sp³-hybridized carbons (Fsp3) is 0.650. The van der Waals surface area contributed by atoms with Crippen molar-refractivity contribution in [3.63, 3.8) is 0 Å². The Morgan fingerprint density at radius 2 is 1.76 bits per heavy atom. The lowest BCUT2D eigenvalue weighted by Gasteiger charge is -2.35. The van der Waals surface area contributed by atoms with Crippen molar-refractivity contribution in [2.45, 2.75) is 51.5 Å². The molecule has 3 rings (SSSR count). The van der Waals surface area contributed by atoms with Crippen LogP contribution >= 0.6 is 0 Å². The molecule has 0 radical (unpaired) electrons. The maximum atomic E-state index is 12.7. The molecule has 0 unspecified atom stereocenters. The average Bonchev–Trinajstić information content (AvgIpc) is 2.61. The van der Waals surface area contributed by atoms with Crippen molar-refractivity contribution in [1.29, 1.82) is 0 Å². The van der Waals surface area contributed by atoms with Gasteiger partial charge in [-0.05, 0) is 57.5 Å². The van der Waals surface area contributed by atoms with E-state index in [-0.39, 0.29) is 18.1 Å². The van der Waals surface area contributed by atoms with Crippen molar-refractivity contribution in [3.8, 4) is 0 Å². The van der Waals surface area contributed by atoms with Crippen LogP contribution in [0.2, 0.25) is 0 Å². The Hall–Kier alpha value is -1.43. The van der Waals surface area contributed by atoms with E-state index in [0.29, 0.717) is 6.04 Å². The normalized spacial score (nSPS) is 25.7. The summed E-state index contributed by atoms with van der Waals surface area (Å²) >= 11 is 0. The van der Waals surface area contributed by atoms with Gasteiger partial charge in [0.25, 0.3) is 5.91 Å². The van der Waals surface area contributed by atoms with E-state index in [1.807, 2.05) is 24.1 Å². The predicted molar refractivity (Wildman–Crippen MR) is 99.7 cm³/mol. The Morgan fingerprint density at radius 3 is 2.36 bits per heavy atom. The van der Waals surface area contributed by atoms with Crippen molar-refractivity contribution < 1.29 is 9.53 Å². The van der Waals surface area contributed by atoms with Crippen LogP contribution < -0.4 is 5.32 Å². The van der Waals surface area contributed by atoms with E-state index in [9.17, 15) is 4.79 Å². The van der Waals surface area contributed by atoms with Gasteiger partial charge >= 0.3 is 0 Å². The van der Waals surface area contributed by atoms with Crippen molar-refractivity contribution in [2.75, 3.05) is 33.2 Å². The third-order valence-electron chi connectivity index (χ3n) is 5.28. The first-order valence-electron chi connectivity index (χ1n) is 9.47. The van der Waals surface area contributed by atoms with Crippen LogP contribution in [0.4, 0.5) is 0 Å². The summed E-state index contributed by atoms with van der Waals surface area (Å²) < 4.78 is 5.79. The molecule has 1 N–H and O–H groups in total. The van der Waals surface area contributed by atoms with Crippen molar-refractivity contribution >= 4 is 5.91 Å². The molecule has 5 heteroatoms. The molecule has 0 spiro atoms. The monoisotopic (exact) mass is 345 g/mol. The van der Waals surface area contributed by atoms with Crippen molar-refractivity contribution in [2.24, 2.45) is 0 Å². The van der Waals surface area contributed by atoms with Crippen LogP contribution in [0.1, 0.15) is 42.6 Å². The van der Waals surface area contributed by atoms with Crippen LogP contribution in [-0.4, -0.2) is 67.2 Å². The van der Waals surface area contributed by atoms with Crippen LogP contribution in [-0.2, 0) is 11.3 Å². The van der Waals surface area contributed by atoms with Crippen molar-refractivity contribution in [1.82, 2.24) is 15.1 Å². The molecule has 2 fully saturated rings. The van der Waals surface area contributed by atoms with Crippen molar-refractivity contribution in [3.05, 3.63) is 35.4 Å². The van der Waals surface area contributed by atoms with E-state index in [1.54, 1.807) is 0 Å². The number of benzene rings is 1. The lowest BCUT2D eigenvalue weighted by molar-refractivity contribution is -0.0704. The summed E-state index contributed by atoms with van der Waals surface area (Å²) in [6.07, 6.45) is 2.63. The van der Waals surface area contributed by atoms with E-state index in [4.69, 9.17) is 4.74 Å². The van der Waals surface area contributed by atoms with Crippen LogP contribution in [0, 0.1) is 0 Å². The van der Waals surface area contributed by atoms with E-state index in [0.717, 1.165) is 51.1 Å².